The van der Waals surface area contributed by atoms with Gasteiger partial charge in [0, 0.05) is 12.6 Å². The summed E-state index contributed by atoms with van der Waals surface area (Å²) in [7, 11) is 1.57. The predicted molar refractivity (Wildman–Crippen MR) is 75.3 cm³/mol. The Morgan fingerprint density at radius 1 is 1.32 bits per heavy atom. The normalized spacial score (nSPS) is 20.5. The molecular formula is C15H14N2O5. The Hall–Kier alpha value is -2.83. The number of β-lactam (4-membered cyclic amide) rings is 1. The summed E-state index contributed by atoms with van der Waals surface area (Å²) in [5.41, 5.74) is 1.20. The molecule has 2 unspecified atom stereocenters. The van der Waals surface area contributed by atoms with Crippen LogP contribution < -0.4 is 9.64 Å². The van der Waals surface area contributed by atoms with Gasteiger partial charge in [-0.25, -0.2) is 4.98 Å². The summed E-state index contributed by atoms with van der Waals surface area (Å²) in [4.78, 5) is 29.1. The fourth-order valence-corrected chi connectivity index (χ4v) is 2.44. The molecule has 1 fully saturated rings. The van der Waals surface area contributed by atoms with Gasteiger partial charge in [-0.3, -0.25) is 14.5 Å². The van der Waals surface area contributed by atoms with Gasteiger partial charge in [-0.05, 0) is 24.3 Å². The van der Waals surface area contributed by atoms with Crippen LogP contribution in [-0.2, 0) is 14.3 Å². The van der Waals surface area contributed by atoms with Gasteiger partial charge in [0.05, 0.1) is 7.11 Å². The van der Waals surface area contributed by atoms with Gasteiger partial charge in [-0.2, -0.15) is 0 Å². The van der Waals surface area contributed by atoms with Gasteiger partial charge >= 0.3 is 5.97 Å². The minimum Gasteiger partial charge on any atom is -0.497 e. The van der Waals surface area contributed by atoms with Crippen LogP contribution in [0.4, 0.5) is 5.69 Å². The van der Waals surface area contributed by atoms with E-state index in [0.717, 1.165) is 0 Å². The number of nitrogens with zero attached hydrogens (tertiary/aromatic N) is 2. The lowest BCUT2D eigenvalue weighted by molar-refractivity contribution is -0.161. The van der Waals surface area contributed by atoms with Gasteiger partial charge in [0.15, 0.2) is 6.39 Å². The maximum atomic E-state index is 12.3. The summed E-state index contributed by atoms with van der Waals surface area (Å²) in [6.07, 6.45) is 1.82. The maximum absolute atomic E-state index is 12.3. The minimum absolute atomic E-state index is 0.298. The highest BCUT2D eigenvalue weighted by Gasteiger charge is 2.52. The molecular weight excluding hydrogens is 288 g/mol. The Morgan fingerprint density at radius 3 is 2.59 bits per heavy atom. The van der Waals surface area contributed by atoms with Crippen molar-refractivity contribution in [1.29, 1.82) is 0 Å². The van der Waals surface area contributed by atoms with E-state index in [-0.39, 0.29) is 5.91 Å². The van der Waals surface area contributed by atoms with Crippen LogP contribution in [0.15, 0.2) is 41.3 Å². The number of amides is 1. The predicted octanol–water partition coefficient (Wildman–Crippen LogP) is 1.70. The highest BCUT2D eigenvalue weighted by atomic mass is 16.6. The first-order valence-electron chi connectivity index (χ1n) is 6.64. The quantitative estimate of drug-likeness (QED) is 0.631. The molecule has 7 nitrogen and oxygen atoms in total. The maximum Gasteiger partial charge on any atom is 0.303 e. The Balaban J connectivity index is 1.91. The number of hydrogen-bond donors (Lipinski definition) is 0. The zero-order valence-electron chi connectivity index (χ0n) is 12.1. The molecule has 1 aromatic heterocycles. The number of hydrogen-bond acceptors (Lipinski definition) is 6. The molecule has 3 rings (SSSR count). The number of methoxy groups -OCH3 is 1. The topological polar surface area (TPSA) is 81.9 Å². The Morgan fingerprint density at radius 2 is 2.05 bits per heavy atom. The van der Waals surface area contributed by atoms with Crippen LogP contribution in [0, 0.1) is 0 Å². The number of benzene rings is 1. The van der Waals surface area contributed by atoms with E-state index >= 15 is 0 Å². The molecule has 0 saturated carbocycles. The summed E-state index contributed by atoms with van der Waals surface area (Å²) in [6, 6.07) is 6.52. The molecule has 22 heavy (non-hydrogen) atoms. The second kappa shape index (κ2) is 5.51. The van der Waals surface area contributed by atoms with Crippen LogP contribution in [0.5, 0.6) is 5.75 Å². The summed E-state index contributed by atoms with van der Waals surface area (Å²) < 4.78 is 15.2. The van der Waals surface area contributed by atoms with Crippen molar-refractivity contribution in [2.75, 3.05) is 12.0 Å². The zero-order valence-corrected chi connectivity index (χ0v) is 12.1. The van der Waals surface area contributed by atoms with Crippen LogP contribution in [-0.4, -0.2) is 30.1 Å². The number of carbonyl (C=O) groups is 2. The molecule has 7 heteroatoms. The summed E-state index contributed by atoms with van der Waals surface area (Å²) >= 11 is 0. The van der Waals surface area contributed by atoms with Gasteiger partial charge in [0.25, 0.3) is 5.91 Å². The number of ether oxygens (including phenoxy) is 2. The monoisotopic (exact) mass is 302 g/mol. The summed E-state index contributed by atoms with van der Waals surface area (Å²) in [6.45, 7) is 1.27. The number of rotatable bonds is 4. The van der Waals surface area contributed by atoms with Crippen molar-refractivity contribution in [1.82, 2.24) is 4.98 Å². The van der Waals surface area contributed by atoms with Crippen molar-refractivity contribution in [3.63, 3.8) is 0 Å². The average Bonchev–Trinajstić information content (AvgIpc) is 3.03. The van der Waals surface area contributed by atoms with Crippen molar-refractivity contribution in [2.45, 2.75) is 19.1 Å². The molecule has 1 aliphatic heterocycles. The lowest BCUT2D eigenvalue weighted by Gasteiger charge is -2.44. The van der Waals surface area contributed by atoms with Crippen molar-refractivity contribution in [3.8, 4) is 5.75 Å². The molecule has 1 saturated heterocycles. The number of anilines is 1. The van der Waals surface area contributed by atoms with Crippen LogP contribution in [0.3, 0.4) is 0 Å². The lowest BCUT2D eigenvalue weighted by atomic mass is 9.94. The molecule has 2 atom stereocenters. The zero-order chi connectivity index (χ0) is 15.7. The molecule has 0 bridgehead atoms. The SMILES string of the molecule is COc1ccc(N2C(=O)C(OC(C)=O)C2c2cocn2)cc1. The number of oxazole rings is 1. The molecule has 1 amide bonds. The van der Waals surface area contributed by atoms with Crippen molar-refractivity contribution in [3.05, 3.63) is 42.6 Å². The average molecular weight is 302 g/mol. The Bertz CT molecular complexity index is 680. The van der Waals surface area contributed by atoms with Crippen molar-refractivity contribution >= 4 is 17.6 Å². The highest BCUT2D eigenvalue weighted by Crippen LogP contribution is 2.40. The van der Waals surface area contributed by atoms with Crippen molar-refractivity contribution < 1.29 is 23.5 Å². The highest BCUT2D eigenvalue weighted by molar-refractivity contribution is 6.05. The molecule has 2 heterocycles. The molecule has 0 N–H and O–H groups in total. The van der Waals surface area contributed by atoms with Crippen LogP contribution in [0.1, 0.15) is 18.7 Å². The van der Waals surface area contributed by atoms with Crippen molar-refractivity contribution in [2.24, 2.45) is 0 Å². The second-order valence-corrected chi connectivity index (χ2v) is 4.79. The first kappa shape index (κ1) is 14.1. The van der Waals surface area contributed by atoms with E-state index in [4.69, 9.17) is 13.9 Å². The second-order valence-electron chi connectivity index (χ2n) is 4.79. The smallest absolute Gasteiger partial charge is 0.303 e. The molecule has 0 spiro atoms. The minimum atomic E-state index is -0.885. The molecule has 0 aliphatic carbocycles. The summed E-state index contributed by atoms with van der Waals surface area (Å²) in [5.74, 6) is -0.124. The standard InChI is InChI=1S/C15H14N2O5/c1-9(18)22-14-13(12-7-21-8-16-12)17(15(14)19)10-3-5-11(20-2)6-4-10/h3-8,13-14H,1-2H3. The Kier molecular flexibility index (Phi) is 3.54. The molecule has 1 aliphatic rings. The number of aromatic nitrogens is 1. The van der Waals surface area contributed by atoms with Gasteiger partial charge in [0.1, 0.15) is 23.7 Å². The third kappa shape index (κ3) is 2.30. The molecule has 2 aromatic rings. The molecule has 1 aromatic carbocycles. The third-order valence-corrected chi connectivity index (χ3v) is 3.44. The van der Waals surface area contributed by atoms with E-state index in [1.54, 1.807) is 31.4 Å². The molecule has 114 valence electrons. The van der Waals surface area contributed by atoms with Crippen LogP contribution >= 0.6 is 0 Å². The van der Waals surface area contributed by atoms with Gasteiger partial charge in [0.2, 0.25) is 6.10 Å². The lowest BCUT2D eigenvalue weighted by Crippen LogP contribution is -2.60. The van der Waals surface area contributed by atoms with E-state index in [1.165, 1.54) is 24.5 Å². The fourth-order valence-electron chi connectivity index (χ4n) is 2.44. The van der Waals surface area contributed by atoms with Crippen LogP contribution in [0.2, 0.25) is 0 Å². The number of esters is 1. The van der Waals surface area contributed by atoms with E-state index in [2.05, 4.69) is 4.98 Å². The fraction of sp³-hybridized carbons (Fsp3) is 0.267. The molecule has 0 radical (unpaired) electrons. The van der Waals surface area contributed by atoms with Crippen LogP contribution in [0.25, 0.3) is 0 Å². The van der Waals surface area contributed by atoms with E-state index in [9.17, 15) is 9.59 Å². The largest absolute Gasteiger partial charge is 0.497 e. The van der Waals surface area contributed by atoms with E-state index < -0.39 is 18.1 Å². The third-order valence-electron chi connectivity index (χ3n) is 3.44. The van der Waals surface area contributed by atoms with Gasteiger partial charge in [-0.15, -0.1) is 0 Å². The van der Waals surface area contributed by atoms with E-state index in [0.29, 0.717) is 17.1 Å². The van der Waals surface area contributed by atoms with E-state index in [1.807, 2.05) is 0 Å². The summed E-state index contributed by atoms with van der Waals surface area (Å²) in [5, 5.41) is 0. The first-order valence-corrected chi connectivity index (χ1v) is 6.64. The number of carbonyl (C=O) groups excluding carboxylic acids is 2. The van der Waals surface area contributed by atoms with Gasteiger partial charge in [-0.1, -0.05) is 0 Å². The first-order chi connectivity index (χ1) is 10.6. The van der Waals surface area contributed by atoms with Gasteiger partial charge < -0.3 is 13.9 Å². The Labute approximate surface area is 126 Å².